The Hall–Kier alpha value is -2.13. The zero-order valence-electron chi connectivity index (χ0n) is 13.8. The maximum absolute atomic E-state index is 12.3. The summed E-state index contributed by atoms with van der Waals surface area (Å²) in [5.41, 5.74) is 3.68. The Balaban J connectivity index is 1.52. The van der Waals surface area contributed by atoms with Gasteiger partial charge in [0, 0.05) is 14.5 Å². The van der Waals surface area contributed by atoms with Gasteiger partial charge in [-0.1, -0.05) is 36.0 Å². The molecule has 0 aliphatic heterocycles. The third kappa shape index (κ3) is 4.41. The average Bonchev–Trinajstić information content (AvgIpc) is 3.04. The lowest BCUT2D eigenvalue weighted by Crippen LogP contribution is -2.01. The minimum atomic E-state index is -2.84. The molecular formula is C20H13F2IN2OS. The molecule has 4 rings (SSSR count). The molecule has 0 saturated heterocycles. The fourth-order valence-electron chi connectivity index (χ4n) is 2.66. The van der Waals surface area contributed by atoms with Crippen LogP contribution in [0.1, 0.15) is 0 Å². The van der Waals surface area contributed by atoms with E-state index in [1.54, 1.807) is 6.07 Å². The van der Waals surface area contributed by atoms with E-state index in [4.69, 9.17) is 0 Å². The highest BCUT2D eigenvalue weighted by atomic mass is 127. The van der Waals surface area contributed by atoms with E-state index in [2.05, 4.69) is 73.7 Å². The predicted molar refractivity (Wildman–Crippen MR) is 111 cm³/mol. The van der Waals surface area contributed by atoms with Crippen LogP contribution < -0.4 is 4.74 Å². The largest absolute Gasteiger partial charge is 0.435 e. The molecule has 3 aromatic carbocycles. The number of rotatable bonds is 5. The summed E-state index contributed by atoms with van der Waals surface area (Å²) in [6, 6.07) is 21.3. The van der Waals surface area contributed by atoms with E-state index in [0.717, 1.165) is 10.5 Å². The lowest BCUT2D eigenvalue weighted by atomic mass is 10.1. The molecule has 0 aliphatic carbocycles. The number of benzene rings is 3. The van der Waals surface area contributed by atoms with Crippen molar-refractivity contribution in [2.24, 2.45) is 0 Å². The van der Waals surface area contributed by atoms with E-state index < -0.39 is 6.61 Å². The van der Waals surface area contributed by atoms with Gasteiger partial charge in [-0.15, -0.1) is 0 Å². The first kappa shape index (κ1) is 18.2. The number of nitrogens with zero attached hydrogens (tertiary/aromatic N) is 1. The van der Waals surface area contributed by atoms with E-state index in [-0.39, 0.29) is 5.75 Å². The Kier molecular flexibility index (Phi) is 5.31. The molecule has 0 bridgehead atoms. The SMILES string of the molecule is FC(F)Oc1ccc2nc(Sc3ccc(-c4ccc(I)cc4)cc3)[nH]c2c1. The molecule has 0 aliphatic rings. The molecular weight excluding hydrogens is 481 g/mol. The molecule has 1 N–H and O–H groups in total. The topological polar surface area (TPSA) is 37.9 Å². The summed E-state index contributed by atoms with van der Waals surface area (Å²) in [5.74, 6) is 0.111. The zero-order valence-corrected chi connectivity index (χ0v) is 16.8. The fraction of sp³-hybridized carbons (Fsp3) is 0.0500. The summed E-state index contributed by atoms with van der Waals surface area (Å²) in [7, 11) is 0. The van der Waals surface area contributed by atoms with Crippen LogP contribution in [-0.4, -0.2) is 16.6 Å². The van der Waals surface area contributed by atoms with Gasteiger partial charge in [0.15, 0.2) is 5.16 Å². The summed E-state index contributed by atoms with van der Waals surface area (Å²) in [4.78, 5) is 8.65. The van der Waals surface area contributed by atoms with Gasteiger partial charge in [-0.25, -0.2) is 4.98 Å². The van der Waals surface area contributed by atoms with E-state index in [0.29, 0.717) is 16.2 Å². The first-order valence-electron chi connectivity index (χ1n) is 8.05. The summed E-state index contributed by atoms with van der Waals surface area (Å²) < 4.78 is 30.3. The van der Waals surface area contributed by atoms with Gasteiger partial charge in [0.05, 0.1) is 11.0 Å². The molecule has 3 nitrogen and oxygen atoms in total. The number of ether oxygens (including phenoxy) is 1. The zero-order chi connectivity index (χ0) is 18.8. The Morgan fingerprint density at radius 1 is 0.926 bits per heavy atom. The van der Waals surface area contributed by atoms with Crippen molar-refractivity contribution in [3.05, 3.63) is 70.3 Å². The fourth-order valence-corrected chi connectivity index (χ4v) is 3.82. The van der Waals surface area contributed by atoms with Crippen molar-refractivity contribution in [2.45, 2.75) is 16.7 Å². The van der Waals surface area contributed by atoms with Crippen LogP contribution >= 0.6 is 34.4 Å². The van der Waals surface area contributed by atoms with Crippen molar-refractivity contribution < 1.29 is 13.5 Å². The minimum absolute atomic E-state index is 0.111. The number of imidazole rings is 1. The summed E-state index contributed by atoms with van der Waals surface area (Å²) in [5, 5.41) is 0.696. The Morgan fingerprint density at radius 3 is 2.26 bits per heavy atom. The van der Waals surface area contributed by atoms with Gasteiger partial charge in [-0.3, -0.25) is 0 Å². The van der Waals surface area contributed by atoms with Gasteiger partial charge >= 0.3 is 6.61 Å². The molecule has 1 heterocycles. The van der Waals surface area contributed by atoms with Crippen LogP contribution in [0.15, 0.2) is 76.8 Å². The maximum Gasteiger partial charge on any atom is 0.387 e. The van der Waals surface area contributed by atoms with Gasteiger partial charge < -0.3 is 9.72 Å². The first-order chi connectivity index (χ1) is 13.1. The molecule has 0 unspecified atom stereocenters. The number of nitrogens with one attached hydrogen (secondary N) is 1. The lowest BCUT2D eigenvalue weighted by Gasteiger charge is -2.03. The highest BCUT2D eigenvalue weighted by Crippen LogP contribution is 2.30. The Bertz CT molecular complexity index is 1070. The molecule has 0 saturated carbocycles. The molecule has 136 valence electrons. The average molecular weight is 494 g/mol. The number of hydrogen-bond acceptors (Lipinski definition) is 3. The van der Waals surface area contributed by atoms with Crippen LogP contribution in [0, 0.1) is 3.57 Å². The molecule has 0 atom stereocenters. The first-order valence-corrected chi connectivity index (χ1v) is 9.95. The van der Waals surface area contributed by atoms with Crippen LogP contribution in [0.5, 0.6) is 5.75 Å². The lowest BCUT2D eigenvalue weighted by molar-refractivity contribution is -0.0497. The monoisotopic (exact) mass is 494 g/mol. The van der Waals surface area contributed by atoms with E-state index in [1.807, 2.05) is 12.1 Å². The van der Waals surface area contributed by atoms with Crippen LogP contribution in [0.3, 0.4) is 0 Å². The van der Waals surface area contributed by atoms with Gasteiger partial charge in [-0.2, -0.15) is 8.78 Å². The number of aromatic nitrogens is 2. The molecule has 27 heavy (non-hydrogen) atoms. The predicted octanol–water partition coefficient (Wildman–Crippen LogP) is 6.59. The normalized spacial score (nSPS) is 11.3. The quantitative estimate of drug-likeness (QED) is 0.319. The van der Waals surface area contributed by atoms with E-state index >= 15 is 0 Å². The van der Waals surface area contributed by atoms with Crippen molar-refractivity contribution in [3.8, 4) is 16.9 Å². The minimum Gasteiger partial charge on any atom is -0.435 e. The number of hydrogen-bond donors (Lipinski definition) is 1. The second kappa shape index (κ2) is 7.85. The summed E-state index contributed by atoms with van der Waals surface area (Å²) in [6.45, 7) is -2.84. The molecule has 0 radical (unpaired) electrons. The van der Waals surface area contributed by atoms with E-state index in [1.165, 1.54) is 33.0 Å². The van der Waals surface area contributed by atoms with Crippen molar-refractivity contribution in [2.75, 3.05) is 0 Å². The second-order valence-corrected chi connectivity index (χ2v) is 8.04. The van der Waals surface area contributed by atoms with Gasteiger partial charge in [0.1, 0.15) is 5.75 Å². The molecule has 0 fully saturated rings. The van der Waals surface area contributed by atoms with Gasteiger partial charge in [0.2, 0.25) is 0 Å². The molecule has 4 aromatic rings. The van der Waals surface area contributed by atoms with E-state index in [9.17, 15) is 8.78 Å². The molecule has 1 aromatic heterocycles. The standard InChI is InChI=1S/C20H13F2IN2OS/c21-19(22)26-15-7-10-17-18(11-15)25-20(24-17)27-16-8-3-13(4-9-16)12-1-5-14(23)6-2-12/h1-11,19H,(H,24,25). The third-order valence-electron chi connectivity index (χ3n) is 3.90. The number of aromatic amines is 1. The van der Waals surface area contributed by atoms with Crippen molar-refractivity contribution in [1.29, 1.82) is 0 Å². The maximum atomic E-state index is 12.3. The number of alkyl halides is 2. The van der Waals surface area contributed by atoms with Gasteiger partial charge in [-0.05, 0) is 70.1 Å². The number of H-pyrrole nitrogens is 1. The van der Waals surface area contributed by atoms with Crippen LogP contribution in [-0.2, 0) is 0 Å². The molecule has 0 spiro atoms. The highest BCUT2D eigenvalue weighted by Gasteiger charge is 2.09. The number of halogens is 3. The van der Waals surface area contributed by atoms with Crippen LogP contribution in [0.4, 0.5) is 8.78 Å². The smallest absolute Gasteiger partial charge is 0.387 e. The number of fused-ring (bicyclic) bond motifs is 1. The second-order valence-electron chi connectivity index (χ2n) is 5.73. The van der Waals surface area contributed by atoms with Crippen molar-refractivity contribution in [3.63, 3.8) is 0 Å². The summed E-state index contributed by atoms with van der Waals surface area (Å²) >= 11 is 3.77. The van der Waals surface area contributed by atoms with Gasteiger partial charge in [0.25, 0.3) is 0 Å². The third-order valence-corrected chi connectivity index (χ3v) is 5.52. The van der Waals surface area contributed by atoms with Crippen LogP contribution in [0.2, 0.25) is 0 Å². The highest BCUT2D eigenvalue weighted by molar-refractivity contribution is 14.1. The molecule has 0 amide bonds. The van der Waals surface area contributed by atoms with Crippen molar-refractivity contribution in [1.82, 2.24) is 9.97 Å². The van der Waals surface area contributed by atoms with Crippen molar-refractivity contribution >= 4 is 45.4 Å². The Labute approximate surface area is 172 Å². The molecule has 7 heteroatoms. The Morgan fingerprint density at radius 2 is 1.59 bits per heavy atom. The van der Waals surface area contributed by atoms with Crippen LogP contribution in [0.25, 0.3) is 22.2 Å². The summed E-state index contributed by atoms with van der Waals surface area (Å²) in [6.07, 6.45) is 0.